The summed E-state index contributed by atoms with van der Waals surface area (Å²) in [6, 6.07) is 51.5. The summed E-state index contributed by atoms with van der Waals surface area (Å²) in [4.78, 5) is 13.5. The molecule has 11 aromatic rings. The first-order valence-corrected chi connectivity index (χ1v) is 17.6. The number of hydrogen-bond donors (Lipinski definition) is 0. The second kappa shape index (κ2) is 9.62. The Hall–Kier alpha value is -6.37. The van der Waals surface area contributed by atoms with E-state index in [1.54, 1.807) is 0 Å². The van der Waals surface area contributed by atoms with Crippen molar-refractivity contribution in [2.45, 2.75) is 9.79 Å². The molecule has 1 aliphatic heterocycles. The molecule has 0 aliphatic carbocycles. The van der Waals surface area contributed by atoms with Crippen molar-refractivity contribution in [3.8, 4) is 22.9 Å². The second-order valence-electron chi connectivity index (χ2n) is 12.9. The Bertz CT molecular complexity index is 3260. The van der Waals surface area contributed by atoms with Crippen LogP contribution in [0.1, 0.15) is 0 Å². The number of benzene rings is 7. The molecule has 0 spiro atoms. The Morgan fingerprint density at radius 2 is 1.26 bits per heavy atom. The predicted octanol–water partition coefficient (Wildman–Crippen LogP) is 11.9. The Morgan fingerprint density at radius 1 is 0.520 bits per heavy atom. The third-order valence-electron chi connectivity index (χ3n) is 10.3. The third-order valence-corrected chi connectivity index (χ3v) is 11.4. The van der Waals surface area contributed by atoms with E-state index in [2.05, 4.69) is 143 Å². The van der Waals surface area contributed by atoms with Crippen molar-refractivity contribution in [2.24, 2.45) is 0 Å². The second-order valence-corrected chi connectivity index (χ2v) is 14.0. The lowest BCUT2D eigenvalue weighted by atomic mass is 10.0. The van der Waals surface area contributed by atoms with Gasteiger partial charge in [-0.3, -0.25) is 9.13 Å². The molecule has 232 valence electrons. The Balaban J connectivity index is 1.29. The van der Waals surface area contributed by atoms with E-state index in [0.717, 1.165) is 66.0 Å². The first-order valence-electron chi connectivity index (χ1n) is 16.8. The molecule has 0 atom stereocenters. The molecule has 0 saturated carbocycles. The van der Waals surface area contributed by atoms with Crippen molar-refractivity contribution in [2.75, 3.05) is 0 Å². The van der Waals surface area contributed by atoms with E-state index >= 15 is 0 Å². The van der Waals surface area contributed by atoms with Crippen LogP contribution < -0.4 is 0 Å². The number of fused-ring (bicyclic) bond motifs is 13. The van der Waals surface area contributed by atoms with E-state index in [4.69, 9.17) is 14.4 Å². The molecule has 1 aliphatic rings. The van der Waals surface area contributed by atoms with Gasteiger partial charge in [0.15, 0.2) is 0 Å². The summed E-state index contributed by atoms with van der Waals surface area (Å²) in [5.41, 5.74) is 8.91. The molecule has 50 heavy (non-hydrogen) atoms. The summed E-state index contributed by atoms with van der Waals surface area (Å²) >= 11 is 1.83. The van der Waals surface area contributed by atoms with Crippen LogP contribution in [0.3, 0.4) is 0 Å². The highest BCUT2D eigenvalue weighted by Gasteiger charge is 2.29. The summed E-state index contributed by atoms with van der Waals surface area (Å²) in [5, 5.41) is 8.99. The van der Waals surface area contributed by atoms with Gasteiger partial charge in [0, 0.05) is 53.1 Å². The largest absolute Gasteiger partial charge is 0.455 e. The molecule has 0 amide bonds. The monoisotopic (exact) mass is 656 g/mol. The van der Waals surface area contributed by atoms with Crippen molar-refractivity contribution >= 4 is 88.2 Å². The number of furan rings is 1. The average molecular weight is 657 g/mol. The van der Waals surface area contributed by atoms with Crippen LogP contribution in [-0.2, 0) is 0 Å². The van der Waals surface area contributed by atoms with Gasteiger partial charge in [-0.15, -0.1) is 0 Å². The number of para-hydroxylation sites is 5. The van der Waals surface area contributed by atoms with Gasteiger partial charge in [-0.25, -0.2) is 9.97 Å². The minimum absolute atomic E-state index is 0.625. The van der Waals surface area contributed by atoms with Crippen LogP contribution in [-0.4, -0.2) is 19.1 Å². The van der Waals surface area contributed by atoms with Crippen LogP contribution in [0.4, 0.5) is 0 Å². The molecular weight excluding hydrogens is 633 g/mol. The van der Waals surface area contributed by atoms with Crippen LogP contribution in [0.25, 0.3) is 99.3 Å². The van der Waals surface area contributed by atoms with E-state index in [-0.39, 0.29) is 0 Å². The fourth-order valence-electron chi connectivity index (χ4n) is 8.22. The van der Waals surface area contributed by atoms with Gasteiger partial charge in [-0.2, -0.15) is 0 Å². The summed E-state index contributed by atoms with van der Waals surface area (Å²) in [7, 11) is 0. The van der Waals surface area contributed by atoms with Gasteiger partial charge in [0.25, 0.3) is 0 Å². The summed E-state index contributed by atoms with van der Waals surface area (Å²) < 4.78 is 11.3. The standard InChI is InChI=1S/C44H24N4OS/c1-2-12-26-25(11-1)23-24-31-39(26)45-44(46-40(31)32-17-9-15-28-27-13-4-7-20-35(27)49-42(28)32)48-33-18-5-3-14-29(33)38-30-16-10-22-37-41(30)47(43(38)48)34-19-6-8-21-36(34)50-37/h1-24H. The minimum atomic E-state index is 0.625. The fraction of sp³-hybridized carbons (Fsp3) is 0. The van der Waals surface area contributed by atoms with Gasteiger partial charge in [-0.1, -0.05) is 115 Å². The summed E-state index contributed by atoms with van der Waals surface area (Å²) in [6.45, 7) is 0. The molecule has 0 N–H and O–H groups in total. The maximum absolute atomic E-state index is 6.61. The molecule has 7 aromatic carbocycles. The van der Waals surface area contributed by atoms with Gasteiger partial charge in [0.2, 0.25) is 5.95 Å². The van der Waals surface area contributed by atoms with Crippen LogP contribution in [0.5, 0.6) is 0 Å². The van der Waals surface area contributed by atoms with E-state index in [9.17, 15) is 0 Å². The van der Waals surface area contributed by atoms with Crippen LogP contribution in [0.2, 0.25) is 0 Å². The minimum Gasteiger partial charge on any atom is -0.455 e. The average Bonchev–Trinajstić information content (AvgIpc) is 3.83. The van der Waals surface area contributed by atoms with Gasteiger partial charge >= 0.3 is 0 Å². The maximum Gasteiger partial charge on any atom is 0.237 e. The van der Waals surface area contributed by atoms with Crippen molar-refractivity contribution in [1.82, 2.24) is 19.1 Å². The molecule has 12 rings (SSSR count). The Morgan fingerprint density at radius 3 is 2.22 bits per heavy atom. The molecule has 0 fully saturated rings. The molecule has 5 nitrogen and oxygen atoms in total. The Kier molecular flexibility index (Phi) is 5.11. The van der Waals surface area contributed by atoms with Crippen LogP contribution >= 0.6 is 11.8 Å². The zero-order valence-electron chi connectivity index (χ0n) is 26.5. The lowest BCUT2D eigenvalue weighted by molar-refractivity contribution is 0.670. The van der Waals surface area contributed by atoms with Crippen molar-refractivity contribution in [3.63, 3.8) is 0 Å². The quantitative estimate of drug-likeness (QED) is 0.174. The number of aromatic nitrogens is 4. The zero-order chi connectivity index (χ0) is 32.5. The number of rotatable bonds is 2. The van der Waals surface area contributed by atoms with E-state index in [0.29, 0.717) is 5.95 Å². The van der Waals surface area contributed by atoms with Crippen LogP contribution in [0, 0.1) is 0 Å². The predicted molar refractivity (Wildman–Crippen MR) is 205 cm³/mol. The fourth-order valence-corrected chi connectivity index (χ4v) is 9.31. The summed E-state index contributed by atoms with van der Waals surface area (Å²) in [5.74, 6) is 0.625. The van der Waals surface area contributed by atoms with Crippen molar-refractivity contribution in [3.05, 3.63) is 146 Å². The van der Waals surface area contributed by atoms with E-state index in [1.165, 1.54) is 37.2 Å². The number of hydrogen-bond acceptors (Lipinski definition) is 4. The van der Waals surface area contributed by atoms with Crippen molar-refractivity contribution < 1.29 is 4.42 Å². The smallest absolute Gasteiger partial charge is 0.237 e. The maximum atomic E-state index is 6.61. The molecule has 5 heterocycles. The van der Waals surface area contributed by atoms with Crippen molar-refractivity contribution in [1.29, 1.82) is 0 Å². The highest BCUT2D eigenvalue weighted by atomic mass is 32.2. The molecule has 0 radical (unpaired) electrons. The molecular formula is C44H24N4OS. The lowest BCUT2D eigenvalue weighted by Crippen LogP contribution is -2.08. The lowest BCUT2D eigenvalue weighted by Gasteiger charge is -2.21. The molecule has 4 aromatic heterocycles. The normalized spacial score (nSPS) is 12.7. The van der Waals surface area contributed by atoms with E-state index in [1.807, 2.05) is 23.9 Å². The van der Waals surface area contributed by atoms with Gasteiger partial charge in [0.05, 0.1) is 27.9 Å². The highest BCUT2D eigenvalue weighted by molar-refractivity contribution is 7.99. The molecule has 0 unspecified atom stereocenters. The number of nitrogens with zero attached hydrogens (tertiary/aromatic N) is 4. The van der Waals surface area contributed by atoms with Crippen LogP contribution in [0.15, 0.2) is 160 Å². The molecule has 6 heteroatoms. The zero-order valence-corrected chi connectivity index (χ0v) is 27.3. The molecule has 0 bridgehead atoms. The summed E-state index contributed by atoms with van der Waals surface area (Å²) in [6.07, 6.45) is 0. The SMILES string of the molecule is c1ccc2c(c1)Sc1cccc3c4c5ccccc5n(-c5nc(-c6cccc7c6oc6ccccc67)c6ccc7ccccc7c6n5)c4n-2c13. The third kappa shape index (κ3) is 3.38. The van der Waals surface area contributed by atoms with Gasteiger partial charge in [0.1, 0.15) is 16.8 Å². The first-order chi connectivity index (χ1) is 24.8. The van der Waals surface area contributed by atoms with E-state index < -0.39 is 0 Å². The van der Waals surface area contributed by atoms with Gasteiger partial charge in [-0.05, 0) is 47.9 Å². The Labute approximate surface area is 289 Å². The molecule has 0 saturated heterocycles. The van der Waals surface area contributed by atoms with Gasteiger partial charge < -0.3 is 4.42 Å². The highest BCUT2D eigenvalue weighted by Crippen LogP contribution is 2.49. The topological polar surface area (TPSA) is 48.8 Å². The first kappa shape index (κ1) is 26.6.